The maximum atomic E-state index is 14.1. The summed E-state index contributed by atoms with van der Waals surface area (Å²) in [7, 11) is 1.63. The molecule has 0 amide bonds. The Labute approximate surface area is 161 Å². The normalized spacial score (nSPS) is 12.6. The van der Waals surface area contributed by atoms with E-state index in [2.05, 4.69) is 13.8 Å². The second-order valence-corrected chi connectivity index (χ2v) is 7.19. The number of halogens is 1. The summed E-state index contributed by atoms with van der Waals surface area (Å²) < 4.78 is 24.8. The third-order valence-corrected chi connectivity index (χ3v) is 4.15. The Balaban J connectivity index is 2.03. The van der Waals surface area contributed by atoms with Crippen LogP contribution < -0.4 is 4.74 Å². The topological polar surface area (TPSA) is 41.9 Å². The highest BCUT2D eigenvalue weighted by atomic mass is 19.1. The average molecular weight is 375 g/mol. The third kappa shape index (κ3) is 7.67. The molecule has 0 aliphatic rings. The van der Waals surface area contributed by atoms with Gasteiger partial charge in [-0.15, -0.1) is 0 Å². The number of aliphatic hydroxyl groups excluding tert-OH is 1. The Morgan fingerprint density at radius 1 is 1.00 bits per heavy atom. The zero-order valence-electron chi connectivity index (χ0n) is 16.4. The van der Waals surface area contributed by atoms with Crippen molar-refractivity contribution in [2.24, 2.45) is 5.92 Å². The van der Waals surface area contributed by atoms with Gasteiger partial charge in [0.05, 0.1) is 19.8 Å². The van der Waals surface area contributed by atoms with E-state index in [1.165, 1.54) is 6.07 Å². The van der Waals surface area contributed by atoms with Crippen molar-refractivity contribution in [3.05, 3.63) is 65.5 Å². The van der Waals surface area contributed by atoms with Gasteiger partial charge < -0.3 is 14.6 Å². The molecule has 2 rings (SSSR count). The SMILES string of the molecule is COc1ccc(CN(Cc2ccccc2F)CC(O)COCC(C)C)cc1. The van der Waals surface area contributed by atoms with Gasteiger partial charge in [-0.05, 0) is 29.7 Å². The molecule has 0 aliphatic heterocycles. The first-order chi connectivity index (χ1) is 13.0. The third-order valence-electron chi connectivity index (χ3n) is 4.15. The Morgan fingerprint density at radius 2 is 1.70 bits per heavy atom. The predicted octanol–water partition coefficient (Wildman–Crippen LogP) is 3.87. The number of rotatable bonds is 11. The minimum absolute atomic E-state index is 0.234. The summed E-state index contributed by atoms with van der Waals surface area (Å²) in [5.41, 5.74) is 1.68. The van der Waals surface area contributed by atoms with E-state index in [1.54, 1.807) is 19.2 Å². The number of nitrogens with zero attached hydrogens (tertiary/aromatic N) is 1. The van der Waals surface area contributed by atoms with Crippen molar-refractivity contribution >= 4 is 0 Å². The molecule has 0 saturated carbocycles. The summed E-state index contributed by atoms with van der Waals surface area (Å²) in [5.74, 6) is 0.982. The summed E-state index contributed by atoms with van der Waals surface area (Å²) in [4.78, 5) is 2.03. The summed E-state index contributed by atoms with van der Waals surface area (Å²) >= 11 is 0. The van der Waals surface area contributed by atoms with Crippen LogP contribution >= 0.6 is 0 Å². The van der Waals surface area contributed by atoms with Gasteiger partial charge in [-0.3, -0.25) is 4.90 Å². The molecule has 0 saturated heterocycles. The van der Waals surface area contributed by atoms with E-state index in [0.717, 1.165) is 11.3 Å². The molecule has 1 N–H and O–H groups in total. The largest absolute Gasteiger partial charge is 0.497 e. The van der Waals surface area contributed by atoms with Gasteiger partial charge in [-0.1, -0.05) is 44.2 Å². The van der Waals surface area contributed by atoms with Crippen LogP contribution in [0.25, 0.3) is 0 Å². The minimum Gasteiger partial charge on any atom is -0.497 e. The first-order valence-electron chi connectivity index (χ1n) is 9.32. The molecule has 0 heterocycles. The number of aliphatic hydroxyl groups is 1. The van der Waals surface area contributed by atoms with Crippen molar-refractivity contribution in [3.8, 4) is 5.75 Å². The fourth-order valence-corrected chi connectivity index (χ4v) is 2.83. The summed E-state index contributed by atoms with van der Waals surface area (Å²) in [6.07, 6.45) is -0.631. The van der Waals surface area contributed by atoms with Gasteiger partial charge in [0.25, 0.3) is 0 Å². The van der Waals surface area contributed by atoms with Crippen molar-refractivity contribution in [3.63, 3.8) is 0 Å². The highest BCUT2D eigenvalue weighted by Gasteiger charge is 2.15. The van der Waals surface area contributed by atoms with Gasteiger partial charge in [-0.2, -0.15) is 0 Å². The standard InChI is InChI=1S/C22H30FNO3/c1-17(2)15-27-16-20(25)14-24(13-19-6-4-5-7-22(19)23)12-18-8-10-21(26-3)11-9-18/h4-11,17,20,25H,12-16H2,1-3H3. The molecule has 5 heteroatoms. The summed E-state index contributed by atoms with van der Waals surface area (Å²) in [5, 5.41) is 10.4. The van der Waals surface area contributed by atoms with Crippen LogP contribution in [0.15, 0.2) is 48.5 Å². The lowest BCUT2D eigenvalue weighted by atomic mass is 10.1. The molecular weight excluding hydrogens is 345 g/mol. The van der Waals surface area contributed by atoms with Crippen molar-refractivity contribution in [1.29, 1.82) is 0 Å². The number of methoxy groups -OCH3 is 1. The molecule has 4 nitrogen and oxygen atoms in total. The monoisotopic (exact) mass is 375 g/mol. The molecule has 0 fully saturated rings. The Hall–Kier alpha value is -1.95. The quantitative estimate of drug-likeness (QED) is 0.647. The molecule has 2 aromatic carbocycles. The van der Waals surface area contributed by atoms with Crippen molar-refractivity contribution < 1.29 is 19.0 Å². The highest BCUT2D eigenvalue weighted by molar-refractivity contribution is 5.27. The molecule has 0 aromatic heterocycles. The van der Waals surface area contributed by atoms with E-state index < -0.39 is 6.10 Å². The smallest absolute Gasteiger partial charge is 0.127 e. The van der Waals surface area contributed by atoms with Crippen LogP contribution in [-0.4, -0.2) is 43.0 Å². The molecule has 0 aliphatic carbocycles. The van der Waals surface area contributed by atoms with Crippen LogP contribution in [0.2, 0.25) is 0 Å². The fraction of sp³-hybridized carbons (Fsp3) is 0.455. The molecule has 0 spiro atoms. The molecule has 148 valence electrons. The molecule has 0 bridgehead atoms. The first kappa shape index (κ1) is 21.4. The van der Waals surface area contributed by atoms with Crippen LogP contribution in [0.4, 0.5) is 4.39 Å². The maximum absolute atomic E-state index is 14.1. The maximum Gasteiger partial charge on any atom is 0.127 e. The van der Waals surface area contributed by atoms with E-state index in [0.29, 0.717) is 37.7 Å². The van der Waals surface area contributed by atoms with Crippen LogP contribution in [-0.2, 0) is 17.8 Å². The Kier molecular flexibility index (Phi) is 8.72. The second-order valence-electron chi connectivity index (χ2n) is 7.19. The zero-order valence-corrected chi connectivity index (χ0v) is 16.4. The molecular formula is C22H30FNO3. The Morgan fingerprint density at radius 3 is 2.33 bits per heavy atom. The van der Waals surface area contributed by atoms with Crippen molar-refractivity contribution in [1.82, 2.24) is 4.90 Å². The first-order valence-corrected chi connectivity index (χ1v) is 9.32. The molecule has 0 radical (unpaired) electrons. The Bertz CT molecular complexity index is 676. The summed E-state index contributed by atoms with van der Waals surface area (Å²) in [6, 6.07) is 14.5. The van der Waals surface area contributed by atoms with E-state index in [-0.39, 0.29) is 12.4 Å². The number of hydrogen-bond donors (Lipinski definition) is 1. The lowest BCUT2D eigenvalue weighted by Crippen LogP contribution is -2.34. The van der Waals surface area contributed by atoms with Crippen LogP contribution in [0, 0.1) is 11.7 Å². The number of benzene rings is 2. The van der Waals surface area contributed by atoms with E-state index in [1.807, 2.05) is 35.2 Å². The van der Waals surface area contributed by atoms with E-state index in [9.17, 15) is 9.50 Å². The highest BCUT2D eigenvalue weighted by Crippen LogP contribution is 2.16. The van der Waals surface area contributed by atoms with E-state index in [4.69, 9.17) is 9.47 Å². The number of ether oxygens (including phenoxy) is 2. The van der Waals surface area contributed by atoms with Gasteiger partial charge >= 0.3 is 0 Å². The van der Waals surface area contributed by atoms with Gasteiger partial charge in [0.2, 0.25) is 0 Å². The molecule has 1 atom stereocenters. The second kappa shape index (κ2) is 11.0. The van der Waals surface area contributed by atoms with E-state index >= 15 is 0 Å². The lowest BCUT2D eigenvalue weighted by Gasteiger charge is -2.26. The zero-order chi connectivity index (χ0) is 19.6. The predicted molar refractivity (Wildman–Crippen MR) is 105 cm³/mol. The average Bonchev–Trinajstić information content (AvgIpc) is 2.64. The minimum atomic E-state index is -0.631. The van der Waals surface area contributed by atoms with Gasteiger partial charge in [0.15, 0.2) is 0 Å². The fourth-order valence-electron chi connectivity index (χ4n) is 2.83. The van der Waals surface area contributed by atoms with Gasteiger partial charge in [0.1, 0.15) is 11.6 Å². The molecule has 27 heavy (non-hydrogen) atoms. The van der Waals surface area contributed by atoms with Gasteiger partial charge in [0, 0.05) is 31.8 Å². The van der Waals surface area contributed by atoms with Crippen LogP contribution in [0.5, 0.6) is 5.75 Å². The van der Waals surface area contributed by atoms with Crippen molar-refractivity contribution in [2.45, 2.75) is 33.0 Å². The summed E-state index contributed by atoms with van der Waals surface area (Å²) in [6.45, 7) is 6.44. The molecule has 1 unspecified atom stereocenters. The van der Waals surface area contributed by atoms with Crippen molar-refractivity contribution in [2.75, 3.05) is 26.9 Å². The number of hydrogen-bond acceptors (Lipinski definition) is 4. The van der Waals surface area contributed by atoms with Crippen LogP contribution in [0.1, 0.15) is 25.0 Å². The molecule has 2 aromatic rings. The van der Waals surface area contributed by atoms with Gasteiger partial charge in [-0.25, -0.2) is 4.39 Å². The lowest BCUT2D eigenvalue weighted by molar-refractivity contribution is 0.00539. The van der Waals surface area contributed by atoms with Crippen LogP contribution in [0.3, 0.4) is 0 Å².